The number of aliphatic hydroxyl groups is 1. The molecule has 3 aliphatic rings. The van der Waals surface area contributed by atoms with E-state index in [1.807, 2.05) is 0 Å². The lowest BCUT2D eigenvalue weighted by atomic mass is 9.74. The van der Waals surface area contributed by atoms with Crippen LogP contribution in [0.2, 0.25) is 0 Å². The zero-order valence-corrected chi connectivity index (χ0v) is 15.0. The van der Waals surface area contributed by atoms with Gasteiger partial charge in [-0.05, 0) is 70.3 Å². The molecule has 130 valence electrons. The zero-order valence-electron chi connectivity index (χ0n) is 15.0. The van der Waals surface area contributed by atoms with Crippen LogP contribution < -0.4 is 0 Å². The summed E-state index contributed by atoms with van der Waals surface area (Å²) in [6.45, 7) is 9.50. The Labute approximate surface area is 140 Å². The molecule has 0 aromatic carbocycles. The van der Waals surface area contributed by atoms with Gasteiger partial charge >= 0.3 is 0 Å². The van der Waals surface area contributed by atoms with E-state index in [9.17, 15) is 5.11 Å². The number of hydrogen-bond donors (Lipinski definition) is 1. The van der Waals surface area contributed by atoms with E-state index in [1.54, 1.807) is 0 Å². The number of allylic oxidation sites excluding steroid dienone is 2. The summed E-state index contributed by atoms with van der Waals surface area (Å²) in [7, 11) is 0. The molecule has 0 amide bonds. The normalized spacial score (nSPS) is 43.1. The molecule has 6 atom stereocenters. The van der Waals surface area contributed by atoms with Crippen LogP contribution in [0.4, 0.5) is 0 Å². The molecule has 1 aliphatic carbocycles. The molecule has 2 fully saturated rings. The zero-order chi connectivity index (χ0) is 16.6. The van der Waals surface area contributed by atoms with E-state index in [2.05, 4.69) is 39.8 Å². The minimum absolute atomic E-state index is 0.0688. The molecule has 1 N–H and O–H groups in total. The van der Waals surface area contributed by atoms with Gasteiger partial charge in [0.25, 0.3) is 0 Å². The Kier molecular flexibility index (Phi) is 5.01. The summed E-state index contributed by atoms with van der Waals surface area (Å²) >= 11 is 0. The smallest absolute Gasteiger partial charge is 0.161 e. The number of epoxide rings is 1. The largest absolute Gasteiger partial charge is 0.367 e. The lowest BCUT2D eigenvalue weighted by molar-refractivity contribution is -0.0981. The first-order chi connectivity index (χ1) is 10.9. The van der Waals surface area contributed by atoms with Crippen molar-refractivity contribution in [3.05, 3.63) is 23.3 Å². The molecule has 2 saturated heterocycles. The van der Waals surface area contributed by atoms with Crippen molar-refractivity contribution >= 4 is 0 Å². The minimum atomic E-state index is -0.625. The molecule has 3 nitrogen and oxygen atoms in total. The highest BCUT2D eigenvalue weighted by Crippen LogP contribution is 2.49. The van der Waals surface area contributed by atoms with Gasteiger partial charge in [-0.25, -0.2) is 0 Å². The summed E-state index contributed by atoms with van der Waals surface area (Å²) in [6.07, 6.45) is 9.84. The van der Waals surface area contributed by atoms with Gasteiger partial charge in [0, 0.05) is 5.92 Å². The van der Waals surface area contributed by atoms with Gasteiger partial charge in [-0.3, -0.25) is 0 Å². The highest BCUT2D eigenvalue weighted by atomic mass is 16.6. The van der Waals surface area contributed by atoms with Crippen molar-refractivity contribution in [3.63, 3.8) is 0 Å². The van der Waals surface area contributed by atoms with Gasteiger partial charge in [0.15, 0.2) is 6.29 Å². The van der Waals surface area contributed by atoms with Crippen LogP contribution >= 0.6 is 0 Å². The molecule has 0 aromatic heterocycles. The molecule has 0 unspecified atom stereocenters. The summed E-state index contributed by atoms with van der Waals surface area (Å²) in [6, 6.07) is 0. The Morgan fingerprint density at radius 3 is 3.00 bits per heavy atom. The average molecular weight is 320 g/mol. The van der Waals surface area contributed by atoms with Crippen LogP contribution in [-0.2, 0) is 9.47 Å². The molecular formula is C20H32O3. The van der Waals surface area contributed by atoms with Gasteiger partial charge in [-0.2, -0.15) is 0 Å². The third-order valence-corrected chi connectivity index (χ3v) is 6.13. The second-order valence-electron chi connectivity index (χ2n) is 8.20. The Morgan fingerprint density at radius 1 is 1.48 bits per heavy atom. The predicted octanol–water partition coefficient (Wildman–Crippen LogP) is 4.22. The van der Waals surface area contributed by atoms with Gasteiger partial charge in [0.05, 0.1) is 18.3 Å². The van der Waals surface area contributed by atoms with E-state index >= 15 is 0 Å². The number of fused-ring (bicyclic) bond motifs is 2. The maximum Gasteiger partial charge on any atom is 0.161 e. The first-order valence-electron chi connectivity index (χ1n) is 9.20. The van der Waals surface area contributed by atoms with E-state index < -0.39 is 6.29 Å². The lowest BCUT2D eigenvalue weighted by Crippen LogP contribution is -2.30. The summed E-state index contributed by atoms with van der Waals surface area (Å²) in [5.74, 6) is 1.23. The van der Waals surface area contributed by atoms with Crippen molar-refractivity contribution in [2.45, 2.75) is 77.8 Å². The van der Waals surface area contributed by atoms with E-state index in [0.717, 1.165) is 25.7 Å². The second kappa shape index (κ2) is 6.70. The average Bonchev–Trinajstić information content (AvgIpc) is 2.97. The highest BCUT2D eigenvalue weighted by molar-refractivity contribution is 5.18. The van der Waals surface area contributed by atoms with E-state index in [0.29, 0.717) is 24.5 Å². The Hall–Kier alpha value is -0.640. The SMILES string of the molecule is CC(C)=CCC[C@@H](C)[C@@H]1CC[C@@]2(C)O[C@H]2C/C=C2/CO[C@H](O)[C@H]21. The molecule has 0 bridgehead atoms. The molecule has 0 radical (unpaired) electrons. The summed E-state index contributed by atoms with van der Waals surface area (Å²) in [5.41, 5.74) is 2.76. The van der Waals surface area contributed by atoms with Crippen molar-refractivity contribution < 1.29 is 14.6 Å². The third-order valence-electron chi connectivity index (χ3n) is 6.13. The van der Waals surface area contributed by atoms with Crippen LogP contribution in [0.15, 0.2) is 23.3 Å². The fraction of sp³-hybridized carbons (Fsp3) is 0.800. The van der Waals surface area contributed by atoms with E-state index in [4.69, 9.17) is 9.47 Å². The van der Waals surface area contributed by atoms with Gasteiger partial charge in [0.2, 0.25) is 0 Å². The number of hydrogen-bond acceptors (Lipinski definition) is 3. The predicted molar refractivity (Wildman–Crippen MR) is 92.0 cm³/mol. The van der Waals surface area contributed by atoms with Crippen LogP contribution in [-0.4, -0.2) is 29.7 Å². The molecule has 0 spiro atoms. The monoisotopic (exact) mass is 320 g/mol. The maximum absolute atomic E-state index is 10.4. The summed E-state index contributed by atoms with van der Waals surface area (Å²) < 4.78 is 11.5. The molecule has 3 rings (SSSR count). The first kappa shape index (κ1) is 17.2. The molecule has 3 heteroatoms. The number of aliphatic hydroxyl groups excluding tert-OH is 1. The Bertz CT molecular complexity index is 491. The third kappa shape index (κ3) is 3.72. The Balaban J connectivity index is 1.75. The molecule has 0 aromatic rings. The van der Waals surface area contributed by atoms with E-state index in [-0.39, 0.29) is 11.5 Å². The van der Waals surface area contributed by atoms with Gasteiger partial charge < -0.3 is 14.6 Å². The second-order valence-corrected chi connectivity index (χ2v) is 8.20. The molecule has 2 aliphatic heterocycles. The van der Waals surface area contributed by atoms with Crippen molar-refractivity contribution in [3.8, 4) is 0 Å². The fourth-order valence-electron chi connectivity index (χ4n) is 4.43. The van der Waals surface area contributed by atoms with Crippen molar-refractivity contribution in [2.24, 2.45) is 17.8 Å². The van der Waals surface area contributed by atoms with Crippen LogP contribution in [0.3, 0.4) is 0 Å². The molecule has 2 heterocycles. The van der Waals surface area contributed by atoms with Gasteiger partial charge in [-0.15, -0.1) is 0 Å². The molecule has 0 saturated carbocycles. The topological polar surface area (TPSA) is 42.0 Å². The van der Waals surface area contributed by atoms with Gasteiger partial charge in [0.1, 0.15) is 0 Å². The van der Waals surface area contributed by atoms with Crippen LogP contribution in [0.25, 0.3) is 0 Å². The van der Waals surface area contributed by atoms with Crippen LogP contribution in [0, 0.1) is 17.8 Å². The van der Waals surface area contributed by atoms with Crippen molar-refractivity contribution in [1.82, 2.24) is 0 Å². The lowest BCUT2D eigenvalue weighted by Gasteiger charge is -2.31. The number of ether oxygens (including phenoxy) is 2. The maximum atomic E-state index is 10.4. The Morgan fingerprint density at radius 2 is 2.26 bits per heavy atom. The molecular weight excluding hydrogens is 288 g/mol. The van der Waals surface area contributed by atoms with Gasteiger partial charge in [-0.1, -0.05) is 24.6 Å². The quantitative estimate of drug-likeness (QED) is 0.623. The number of rotatable bonds is 4. The van der Waals surface area contributed by atoms with Crippen LogP contribution in [0.5, 0.6) is 0 Å². The van der Waals surface area contributed by atoms with Crippen molar-refractivity contribution in [2.75, 3.05) is 6.61 Å². The van der Waals surface area contributed by atoms with Crippen LogP contribution in [0.1, 0.15) is 59.8 Å². The van der Waals surface area contributed by atoms with E-state index in [1.165, 1.54) is 17.6 Å². The molecule has 23 heavy (non-hydrogen) atoms. The van der Waals surface area contributed by atoms with Crippen molar-refractivity contribution in [1.29, 1.82) is 0 Å². The first-order valence-corrected chi connectivity index (χ1v) is 9.20. The summed E-state index contributed by atoms with van der Waals surface area (Å²) in [4.78, 5) is 0. The standard InChI is InChI=1S/C20H32O3/c1-13(2)6-5-7-14(3)16-10-11-20(4)17(23-20)9-8-15-12-22-19(21)18(15)16/h6,8,14,16-19,21H,5,7,9-12H2,1-4H3/b15-8-/t14-,16+,17+,18-,19+,20-/m1/s1. The highest BCUT2D eigenvalue weighted by Gasteiger charge is 2.53. The fourth-order valence-corrected chi connectivity index (χ4v) is 4.43. The minimum Gasteiger partial charge on any atom is -0.367 e. The summed E-state index contributed by atoms with van der Waals surface area (Å²) in [5, 5.41) is 10.4.